The second-order valence-corrected chi connectivity index (χ2v) is 4.60. The van der Waals surface area contributed by atoms with Crippen LogP contribution in [-0.2, 0) is 6.54 Å². The molecule has 1 aliphatic carbocycles. The molecule has 2 rings (SSSR count). The lowest BCUT2D eigenvalue weighted by Crippen LogP contribution is -2.37. The molecular weight excluding hydrogens is 218 g/mol. The molecule has 0 aliphatic heterocycles. The highest BCUT2D eigenvalue weighted by atomic mass is 16.5. The number of methoxy groups -OCH3 is 1. The molecule has 94 valence electrons. The van der Waals surface area contributed by atoms with Gasteiger partial charge in [-0.2, -0.15) is 0 Å². The second kappa shape index (κ2) is 5.31. The van der Waals surface area contributed by atoms with Crippen molar-refractivity contribution < 1.29 is 4.74 Å². The van der Waals surface area contributed by atoms with Gasteiger partial charge in [0.15, 0.2) is 0 Å². The summed E-state index contributed by atoms with van der Waals surface area (Å²) >= 11 is 0. The first kappa shape index (κ1) is 12.1. The lowest BCUT2D eigenvalue weighted by molar-refractivity contribution is 0.339. The Kier molecular flexibility index (Phi) is 3.78. The Morgan fingerprint density at radius 1 is 1.53 bits per heavy atom. The Labute approximate surface area is 101 Å². The van der Waals surface area contributed by atoms with E-state index in [9.17, 15) is 4.79 Å². The number of rotatable bonds is 4. The van der Waals surface area contributed by atoms with Gasteiger partial charge in [0.25, 0.3) is 5.56 Å². The summed E-state index contributed by atoms with van der Waals surface area (Å²) in [5, 5.41) is 4.10. The van der Waals surface area contributed by atoms with Crippen LogP contribution in [0.25, 0.3) is 0 Å². The van der Waals surface area contributed by atoms with Crippen LogP contribution in [0.15, 0.2) is 16.9 Å². The predicted octanol–water partition coefficient (Wildman–Crippen LogP) is 0.769. The minimum Gasteiger partial charge on any atom is -0.480 e. The second-order valence-electron chi connectivity index (χ2n) is 4.60. The van der Waals surface area contributed by atoms with E-state index in [0.29, 0.717) is 18.3 Å². The SMILES string of the molecule is COc1ccc(=O)n(CC(N)C2CCCC2)n1. The third-order valence-electron chi connectivity index (χ3n) is 3.44. The Hall–Kier alpha value is -1.36. The summed E-state index contributed by atoms with van der Waals surface area (Å²) in [5.74, 6) is 0.970. The molecule has 1 atom stereocenters. The van der Waals surface area contributed by atoms with Crippen LogP contribution in [0, 0.1) is 5.92 Å². The van der Waals surface area contributed by atoms with Gasteiger partial charge in [-0.3, -0.25) is 4.79 Å². The minimum absolute atomic E-state index is 0.00908. The van der Waals surface area contributed by atoms with Crippen LogP contribution in [0.3, 0.4) is 0 Å². The first-order valence-electron chi connectivity index (χ1n) is 6.08. The van der Waals surface area contributed by atoms with E-state index in [-0.39, 0.29) is 11.6 Å². The molecule has 0 spiro atoms. The molecule has 1 unspecified atom stereocenters. The maximum atomic E-state index is 11.6. The third-order valence-corrected chi connectivity index (χ3v) is 3.44. The summed E-state index contributed by atoms with van der Waals surface area (Å²) in [7, 11) is 1.54. The highest BCUT2D eigenvalue weighted by Crippen LogP contribution is 2.27. The average molecular weight is 237 g/mol. The van der Waals surface area contributed by atoms with Crippen LogP contribution in [0.5, 0.6) is 5.88 Å². The zero-order valence-electron chi connectivity index (χ0n) is 10.1. The third kappa shape index (κ3) is 2.85. The fraction of sp³-hybridized carbons (Fsp3) is 0.667. The zero-order valence-corrected chi connectivity index (χ0v) is 10.1. The molecule has 1 aliphatic rings. The predicted molar refractivity (Wildman–Crippen MR) is 65.0 cm³/mol. The van der Waals surface area contributed by atoms with Crippen LogP contribution in [-0.4, -0.2) is 22.9 Å². The Balaban J connectivity index is 2.08. The van der Waals surface area contributed by atoms with Gasteiger partial charge in [0, 0.05) is 18.2 Å². The van der Waals surface area contributed by atoms with Crippen molar-refractivity contribution in [3.05, 3.63) is 22.5 Å². The monoisotopic (exact) mass is 237 g/mol. The largest absolute Gasteiger partial charge is 0.480 e. The molecule has 1 heterocycles. The first-order valence-corrected chi connectivity index (χ1v) is 6.08. The molecule has 0 radical (unpaired) electrons. The van der Waals surface area contributed by atoms with E-state index < -0.39 is 0 Å². The van der Waals surface area contributed by atoms with Gasteiger partial charge in [-0.05, 0) is 18.8 Å². The van der Waals surface area contributed by atoms with Gasteiger partial charge < -0.3 is 10.5 Å². The number of aromatic nitrogens is 2. The molecule has 0 amide bonds. The van der Waals surface area contributed by atoms with Gasteiger partial charge >= 0.3 is 0 Å². The fourth-order valence-corrected chi connectivity index (χ4v) is 2.40. The molecule has 17 heavy (non-hydrogen) atoms. The van der Waals surface area contributed by atoms with E-state index >= 15 is 0 Å². The van der Waals surface area contributed by atoms with Crippen LogP contribution in [0.2, 0.25) is 0 Å². The fourth-order valence-electron chi connectivity index (χ4n) is 2.40. The highest BCUT2D eigenvalue weighted by Gasteiger charge is 2.22. The van der Waals surface area contributed by atoms with Crippen LogP contribution in [0.1, 0.15) is 25.7 Å². The summed E-state index contributed by atoms with van der Waals surface area (Å²) in [4.78, 5) is 11.6. The van der Waals surface area contributed by atoms with Crippen molar-refractivity contribution >= 4 is 0 Å². The van der Waals surface area contributed by atoms with Gasteiger partial charge in [0.05, 0.1) is 13.7 Å². The molecule has 2 N–H and O–H groups in total. The molecule has 1 saturated carbocycles. The maximum Gasteiger partial charge on any atom is 0.267 e. The Morgan fingerprint density at radius 2 is 2.24 bits per heavy atom. The molecule has 1 aromatic rings. The van der Waals surface area contributed by atoms with E-state index in [2.05, 4.69) is 5.10 Å². The van der Waals surface area contributed by atoms with Gasteiger partial charge in [0.2, 0.25) is 5.88 Å². The number of ether oxygens (including phenoxy) is 1. The van der Waals surface area contributed by atoms with Gasteiger partial charge in [-0.15, -0.1) is 5.10 Å². The lowest BCUT2D eigenvalue weighted by atomic mass is 9.99. The van der Waals surface area contributed by atoms with Crippen LogP contribution < -0.4 is 16.0 Å². The van der Waals surface area contributed by atoms with Crippen molar-refractivity contribution in [3.63, 3.8) is 0 Å². The summed E-state index contributed by atoms with van der Waals surface area (Å²) in [6, 6.07) is 3.04. The van der Waals surface area contributed by atoms with Crippen molar-refractivity contribution in [1.29, 1.82) is 0 Å². The highest BCUT2D eigenvalue weighted by molar-refractivity contribution is 5.06. The van der Waals surface area contributed by atoms with E-state index in [4.69, 9.17) is 10.5 Å². The number of nitrogens with zero attached hydrogens (tertiary/aromatic N) is 2. The number of hydrogen-bond acceptors (Lipinski definition) is 4. The van der Waals surface area contributed by atoms with E-state index in [0.717, 1.165) is 0 Å². The lowest BCUT2D eigenvalue weighted by Gasteiger charge is -2.19. The van der Waals surface area contributed by atoms with Crippen molar-refractivity contribution in [3.8, 4) is 5.88 Å². The van der Waals surface area contributed by atoms with Crippen molar-refractivity contribution in [2.24, 2.45) is 11.7 Å². The summed E-state index contributed by atoms with van der Waals surface area (Å²) in [6.45, 7) is 0.473. The maximum absolute atomic E-state index is 11.6. The van der Waals surface area contributed by atoms with Crippen LogP contribution in [0.4, 0.5) is 0 Å². The Morgan fingerprint density at radius 3 is 2.88 bits per heavy atom. The molecule has 5 nitrogen and oxygen atoms in total. The molecule has 0 saturated heterocycles. The van der Waals surface area contributed by atoms with E-state index in [1.54, 1.807) is 6.07 Å². The first-order chi connectivity index (χ1) is 8.20. The van der Waals surface area contributed by atoms with Crippen LogP contribution >= 0.6 is 0 Å². The van der Waals surface area contributed by atoms with Crippen molar-refractivity contribution in [1.82, 2.24) is 9.78 Å². The number of nitrogens with two attached hydrogens (primary N) is 1. The molecule has 1 fully saturated rings. The smallest absolute Gasteiger partial charge is 0.267 e. The van der Waals surface area contributed by atoms with Crippen molar-refractivity contribution in [2.75, 3.05) is 7.11 Å². The normalized spacial score (nSPS) is 18.2. The molecule has 5 heteroatoms. The summed E-state index contributed by atoms with van der Waals surface area (Å²) in [6.07, 6.45) is 4.83. The van der Waals surface area contributed by atoms with Gasteiger partial charge in [-0.1, -0.05) is 12.8 Å². The topological polar surface area (TPSA) is 70.1 Å². The van der Waals surface area contributed by atoms with Gasteiger partial charge in [0.1, 0.15) is 0 Å². The van der Waals surface area contributed by atoms with E-state index in [1.807, 2.05) is 0 Å². The minimum atomic E-state index is -0.126. The van der Waals surface area contributed by atoms with Gasteiger partial charge in [-0.25, -0.2) is 4.68 Å². The summed E-state index contributed by atoms with van der Waals surface area (Å²) < 4.78 is 6.41. The zero-order chi connectivity index (χ0) is 12.3. The average Bonchev–Trinajstić information content (AvgIpc) is 2.85. The molecule has 1 aromatic heterocycles. The van der Waals surface area contributed by atoms with E-state index in [1.165, 1.54) is 43.5 Å². The number of hydrogen-bond donors (Lipinski definition) is 1. The molecule has 0 aromatic carbocycles. The summed E-state index contributed by atoms with van der Waals surface area (Å²) in [5.41, 5.74) is 6.01. The molecular formula is C12H19N3O2. The van der Waals surface area contributed by atoms with Crippen molar-refractivity contribution in [2.45, 2.75) is 38.3 Å². The quantitative estimate of drug-likeness (QED) is 0.839. The molecule has 0 bridgehead atoms. The Bertz CT molecular complexity index is 424. The standard InChI is InChI=1S/C12H19N3O2/c1-17-11-6-7-12(16)15(14-11)8-10(13)9-4-2-3-5-9/h6-7,9-10H,2-5,8,13H2,1H3.